The van der Waals surface area contributed by atoms with Crippen molar-refractivity contribution in [2.24, 2.45) is 4.99 Å². The first-order chi connectivity index (χ1) is 17.1. The molecule has 1 N–H and O–H groups in total. The van der Waals surface area contributed by atoms with Crippen LogP contribution < -0.4 is 10.4 Å². The molecule has 1 fully saturated rings. The molecule has 3 aromatic rings. The molecule has 5 rings (SSSR count). The third-order valence-corrected chi connectivity index (χ3v) is 6.16. The van der Waals surface area contributed by atoms with E-state index in [-0.39, 0.29) is 43.2 Å². The Hall–Kier alpha value is -4.16. The maximum atomic E-state index is 13.4. The van der Waals surface area contributed by atoms with Gasteiger partial charge in [-0.1, -0.05) is 78.9 Å². The van der Waals surface area contributed by atoms with Gasteiger partial charge in [0.25, 0.3) is 5.91 Å². The van der Waals surface area contributed by atoms with E-state index in [0.29, 0.717) is 22.5 Å². The lowest BCUT2D eigenvalue weighted by atomic mass is 9.93. The fourth-order valence-electron chi connectivity index (χ4n) is 4.53. The Balaban J connectivity index is 1.39. The average molecular weight is 464 g/mol. The van der Waals surface area contributed by atoms with E-state index in [2.05, 4.69) is 5.43 Å². The highest BCUT2D eigenvalue weighted by atomic mass is 16.2. The van der Waals surface area contributed by atoms with Gasteiger partial charge in [-0.3, -0.25) is 19.4 Å². The fraction of sp³-hybridized carbons (Fsp3) is 0.172. The normalized spacial score (nSPS) is 16.9. The highest BCUT2D eigenvalue weighted by molar-refractivity contribution is 6.22. The van der Waals surface area contributed by atoms with Gasteiger partial charge < -0.3 is 0 Å². The van der Waals surface area contributed by atoms with Crippen LogP contribution in [0.5, 0.6) is 0 Å². The second-order valence-corrected chi connectivity index (χ2v) is 8.73. The van der Waals surface area contributed by atoms with E-state index in [1.165, 1.54) is 5.01 Å². The van der Waals surface area contributed by atoms with Crippen LogP contribution in [0.1, 0.15) is 24.0 Å². The molecular formula is C29H25N3O3. The molecule has 174 valence electrons. The van der Waals surface area contributed by atoms with Crippen LogP contribution >= 0.6 is 0 Å². The number of allylic oxidation sites excluding steroid dienone is 1. The summed E-state index contributed by atoms with van der Waals surface area (Å²) in [6.45, 7) is 0. The number of amides is 1. The number of nitrogens with zero attached hydrogens (tertiary/aromatic N) is 2. The van der Waals surface area contributed by atoms with Crippen LogP contribution in [0.15, 0.2) is 107 Å². The number of para-hydroxylation sites is 1. The van der Waals surface area contributed by atoms with Crippen molar-refractivity contribution in [3.8, 4) is 0 Å². The maximum Gasteiger partial charge on any atom is 0.272 e. The number of hydrogen-bond acceptors (Lipinski definition) is 5. The number of ketones is 2. The van der Waals surface area contributed by atoms with E-state index < -0.39 is 6.17 Å². The standard InChI is InChI=1S/C29H25N3O3/c33-23(16-20-10-4-1-5-11-20)18-25-26(19-24(34)17-21-12-6-2-7-13-21)30-28-27(25)29(35)32(31-28)22-14-8-3-9-15-22/h1-15,28,31H,16-19H2/t28-/m1/s1. The lowest BCUT2D eigenvalue weighted by Gasteiger charge is -2.17. The SMILES string of the molecule is O=C(CC1=N[C@@H]2NN(c3ccccc3)C(=O)C2=C1CC(=O)Cc1ccccc1)Cc1ccccc1. The minimum Gasteiger partial charge on any atom is -0.299 e. The predicted octanol–water partition coefficient (Wildman–Crippen LogP) is 4.02. The van der Waals surface area contributed by atoms with Crippen molar-refractivity contribution in [3.63, 3.8) is 0 Å². The van der Waals surface area contributed by atoms with Gasteiger partial charge in [-0.15, -0.1) is 0 Å². The first kappa shape index (κ1) is 22.6. The van der Waals surface area contributed by atoms with Crippen molar-refractivity contribution in [1.82, 2.24) is 5.43 Å². The molecule has 0 unspecified atom stereocenters. The highest BCUT2D eigenvalue weighted by Gasteiger charge is 2.43. The molecule has 0 aromatic heterocycles. The van der Waals surface area contributed by atoms with E-state index in [1.807, 2.05) is 91.0 Å². The van der Waals surface area contributed by atoms with Gasteiger partial charge in [-0.2, -0.15) is 5.43 Å². The first-order valence-electron chi connectivity index (χ1n) is 11.7. The third-order valence-electron chi connectivity index (χ3n) is 6.16. The van der Waals surface area contributed by atoms with Gasteiger partial charge in [0.2, 0.25) is 0 Å². The van der Waals surface area contributed by atoms with Crippen molar-refractivity contribution in [2.45, 2.75) is 31.8 Å². The van der Waals surface area contributed by atoms with Crippen molar-refractivity contribution in [2.75, 3.05) is 5.01 Å². The summed E-state index contributed by atoms with van der Waals surface area (Å²) in [5.41, 5.74) is 7.24. The summed E-state index contributed by atoms with van der Waals surface area (Å²) in [5, 5.41) is 1.47. The Morgan fingerprint density at radius 1 is 0.714 bits per heavy atom. The van der Waals surface area contributed by atoms with Crippen LogP contribution in [-0.2, 0) is 27.2 Å². The zero-order valence-corrected chi connectivity index (χ0v) is 19.2. The molecule has 6 nitrogen and oxygen atoms in total. The number of carbonyl (C=O) groups is 3. The van der Waals surface area contributed by atoms with Gasteiger partial charge >= 0.3 is 0 Å². The van der Waals surface area contributed by atoms with E-state index in [9.17, 15) is 14.4 Å². The molecule has 2 aliphatic heterocycles. The summed E-state index contributed by atoms with van der Waals surface area (Å²) in [5.74, 6) is -0.262. The average Bonchev–Trinajstić information content (AvgIpc) is 3.36. The van der Waals surface area contributed by atoms with Crippen LogP contribution in [0.4, 0.5) is 5.69 Å². The Morgan fingerprint density at radius 3 is 1.80 bits per heavy atom. The number of hydrazine groups is 1. The minimum absolute atomic E-state index is 0.00380. The molecule has 2 heterocycles. The molecular weight excluding hydrogens is 438 g/mol. The highest BCUT2D eigenvalue weighted by Crippen LogP contribution is 2.33. The summed E-state index contributed by atoms with van der Waals surface area (Å²) < 4.78 is 0. The number of carbonyl (C=O) groups excluding carboxylic acids is 3. The summed E-state index contributed by atoms with van der Waals surface area (Å²) >= 11 is 0. The number of rotatable bonds is 9. The molecule has 3 aromatic carbocycles. The van der Waals surface area contributed by atoms with Crippen molar-refractivity contribution in [3.05, 3.63) is 113 Å². The molecule has 1 saturated heterocycles. The molecule has 0 bridgehead atoms. The van der Waals surface area contributed by atoms with Gasteiger partial charge in [0, 0.05) is 31.4 Å². The Morgan fingerprint density at radius 2 is 1.23 bits per heavy atom. The molecule has 0 saturated carbocycles. The van der Waals surface area contributed by atoms with Crippen molar-refractivity contribution >= 4 is 28.9 Å². The van der Waals surface area contributed by atoms with E-state index in [4.69, 9.17) is 4.99 Å². The van der Waals surface area contributed by atoms with Crippen LogP contribution in [0.2, 0.25) is 0 Å². The van der Waals surface area contributed by atoms with Crippen molar-refractivity contribution < 1.29 is 14.4 Å². The molecule has 1 amide bonds. The van der Waals surface area contributed by atoms with Crippen molar-refractivity contribution in [1.29, 1.82) is 0 Å². The molecule has 1 atom stereocenters. The van der Waals surface area contributed by atoms with Crippen LogP contribution in [-0.4, -0.2) is 29.4 Å². The van der Waals surface area contributed by atoms with Crippen LogP contribution in [0.3, 0.4) is 0 Å². The number of hydrogen-bond donors (Lipinski definition) is 1. The summed E-state index contributed by atoms with van der Waals surface area (Å²) in [4.78, 5) is 44.0. The third kappa shape index (κ3) is 5.03. The molecule has 2 aliphatic rings. The molecule has 35 heavy (non-hydrogen) atoms. The zero-order chi connectivity index (χ0) is 24.2. The second kappa shape index (κ2) is 9.99. The molecule has 0 spiro atoms. The largest absolute Gasteiger partial charge is 0.299 e. The lowest BCUT2D eigenvalue weighted by molar-refractivity contribution is -0.118. The monoisotopic (exact) mass is 463 g/mol. The van der Waals surface area contributed by atoms with Crippen LogP contribution in [0.25, 0.3) is 0 Å². The maximum absolute atomic E-state index is 13.4. The van der Waals surface area contributed by atoms with Gasteiger partial charge in [0.05, 0.1) is 11.3 Å². The van der Waals surface area contributed by atoms with Crippen LogP contribution in [0, 0.1) is 0 Å². The number of benzene rings is 3. The number of anilines is 1. The lowest BCUT2D eigenvalue weighted by Crippen LogP contribution is -2.37. The van der Waals surface area contributed by atoms with Gasteiger partial charge in [0.15, 0.2) is 0 Å². The second-order valence-electron chi connectivity index (χ2n) is 8.73. The minimum atomic E-state index is -0.596. The Kier molecular flexibility index (Phi) is 6.46. The summed E-state index contributed by atoms with van der Waals surface area (Å²) in [6.07, 6.45) is 0.0964. The van der Waals surface area contributed by atoms with Gasteiger partial charge in [0.1, 0.15) is 17.7 Å². The molecule has 0 aliphatic carbocycles. The smallest absolute Gasteiger partial charge is 0.272 e. The quantitative estimate of drug-likeness (QED) is 0.520. The van der Waals surface area contributed by atoms with Gasteiger partial charge in [-0.25, -0.2) is 5.01 Å². The fourth-order valence-corrected chi connectivity index (χ4v) is 4.53. The summed E-state index contributed by atoms with van der Waals surface area (Å²) in [6, 6.07) is 28.3. The topological polar surface area (TPSA) is 78.8 Å². The zero-order valence-electron chi connectivity index (χ0n) is 19.2. The van der Waals surface area contributed by atoms with E-state index >= 15 is 0 Å². The van der Waals surface area contributed by atoms with E-state index in [1.54, 1.807) is 0 Å². The Bertz CT molecular complexity index is 1320. The number of aliphatic imine (C=N–C) groups is 1. The first-order valence-corrected chi connectivity index (χ1v) is 11.7. The Labute approximate surface area is 204 Å². The number of nitrogens with one attached hydrogen (secondary N) is 1. The van der Waals surface area contributed by atoms with Gasteiger partial charge in [-0.05, 0) is 28.8 Å². The summed E-state index contributed by atoms with van der Waals surface area (Å²) in [7, 11) is 0. The predicted molar refractivity (Wildman–Crippen MR) is 135 cm³/mol. The number of Topliss-reactive ketones (excluding diaryl/α,β-unsaturated/α-hetero) is 2. The molecule has 6 heteroatoms. The number of fused-ring (bicyclic) bond motifs is 1. The van der Waals surface area contributed by atoms with E-state index in [0.717, 1.165) is 11.1 Å². The molecule has 0 radical (unpaired) electrons.